The number of allylic oxidation sites excluding steroid dienone is 8. The van der Waals surface area contributed by atoms with E-state index in [4.69, 9.17) is 37.9 Å². The number of benzene rings is 12. The van der Waals surface area contributed by atoms with Gasteiger partial charge in [0.05, 0.1) is 22.3 Å². The molecule has 0 fully saturated rings. The molecule has 21 rings (SSSR count). The summed E-state index contributed by atoms with van der Waals surface area (Å²) in [4.78, 5) is 39.8. The second kappa shape index (κ2) is 41.1. The van der Waals surface area contributed by atoms with E-state index in [9.17, 15) is 24.6 Å². The molecule has 13 heteroatoms. The predicted octanol–water partition coefficient (Wildman–Crippen LogP) is 32.8. The number of fused-ring (bicyclic) bond motifs is 18. The smallest absolute Gasteiger partial charge is 0.343 e. The number of phenolic OH excluding ortho intramolecular Hbond substituents is 2. The van der Waals surface area contributed by atoms with Crippen LogP contribution >= 0.6 is 0 Å². The zero-order chi connectivity index (χ0) is 99.9. The molecule has 5 heterocycles. The second-order valence-corrected chi connectivity index (χ2v) is 43.9. The molecule has 12 aromatic carbocycles. The molecule has 0 saturated carbocycles. The van der Waals surface area contributed by atoms with Gasteiger partial charge in [-0.1, -0.05) is 228 Å². The fourth-order valence-corrected chi connectivity index (χ4v) is 23.9. The summed E-state index contributed by atoms with van der Waals surface area (Å²) in [7, 11) is 0. The van der Waals surface area contributed by atoms with E-state index in [1.807, 2.05) is 146 Å². The fraction of sp³-hybridized carbons (Fsp3) is 0.398. The van der Waals surface area contributed by atoms with Gasteiger partial charge < -0.3 is 48.1 Å². The van der Waals surface area contributed by atoms with Gasteiger partial charge in [-0.05, 0) is 350 Å². The average Bonchev–Trinajstić information content (AvgIpc) is 0.757. The zero-order valence-corrected chi connectivity index (χ0v) is 86.7. The van der Waals surface area contributed by atoms with Crippen molar-refractivity contribution in [3.05, 3.63) is 331 Å². The van der Waals surface area contributed by atoms with Gasteiger partial charge in [0, 0.05) is 75.2 Å². The Kier molecular flexibility index (Phi) is 29.2. The van der Waals surface area contributed by atoms with E-state index in [-0.39, 0.29) is 58.1 Å². The lowest BCUT2D eigenvalue weighted by Gasteiger charge is -2.47. The molecule has 4 aliphatic carbocycles. The Morgan fingerprint density at radius 1 is 0.340 bits per heavy atom. The van der Waals surface area contributed by atoms with E-state index in [1.165, 1.54) is 33.4 Å². The molecule has 0 saturated heterocycles. The van der Waals surface area contributed by atoms with E-state index in [2.05, 4.69) is 223 Å². The van der Waals surface area contributed by atoms with Crippen LogP contribution in [0.3, 0.4) is 0 Å². The molecular weight excluding hydrogens is 1750 g/mol. The van der Waals surface area contributed by atoms with Gasteiger partial charge in [0.15, 0.2) is 0 Å². The van der Waals surface area contributed by atoms with Crippen LogP contribution in [0.15, 0.2) is 253 Å². The molecule has 5 aliphatic heterocycles. The summed E-state index contributed by atoms with van der Waals surface area (Å²) in [6.07, 6.45) is 27.7. The molecule has 2 N–H and O–H groups in total. The number of aryl methyl sites for hydroxylation is 6. The van der Waals surface area contributed by atoms with Crippen LogP contribution in [-0.2, 0) is 37.7 Å². The summed E-state index contributed by atoms with van der Waals surface area (Å²) in [5.74, 6) is 8.70. The highest BCUT2D eigenvalue weighted by Gasteiger charge is 2.51. The highest BCUT2D eigenvalue weighted by Crippen LogP contribution is 2.60. The van der Waals surface area contributed by atoms with E-state index in [0.717, 1.165) is 238 Å². The average molecular weight is 1890 g/mol. The molecule has 12 aromatic rings. The maximum atomic E-state index is 13.3. The lowest BCUT2D eigenvalue weighted by Crippen LogP contribution is -2.45. The summed E-state index contributed by atoms with van der Waals surface area (Å²) in [6, 6.07) is 68.3. The minimum absolute atomic E-state index is 0.174. The number of hydrogen-bond donors (Lipinski definition) is 2. The van der Waals surface area contributed by atoms with E-state index < -0.39 is 5.60 Å². The van der Waals surface area contributed by atoms with Gasteiger partial charge in [-0.3, -0.25) is 0 Å². The molecule has 0 amide bonds. The summed E-state index contributed by atoms with van der Waals surface area (Å²) >= 11 is 0. The maximum absolute atomic E-state index is 13.3. The Balaban J connectivity index is 0.000000123. The number of ether oxygens (including phenoxy) is 8. The number of carbonyl (C=O) groups is 3. The molecule has 8 atom stereocenters. The monoisotopic (exact) mass is 1890 g/mol. The van der Waals surface area contributed by atoms with Gasteiger partial charge in [0.25, 0.3) is 0 Å². The molecule has 0 bridgehead atoms. The van der Waals surface area contributed by atoms with Crippen molar-refractivity contribution in [1.82, 2.24) is 0 Å². The molecule has 0 aromatic heterocycles. The highest BCUT2D eigenvalue weighted by atomic mass is 16.6. The molecule has 13 nitrogen and oxygen atoms in total. The van der Waals surface area contributed by atoms with Crippen LogP contribution < -0.4 is 37.9 Å². The minimum Gasteiger partial charge on any atom is -0.508 e. The molecule has 0 radical (unpaired) electrons. The summed E-state index contributed by atoms with van der Waals surface area (Å²) in [5.41, 5.74) is 19.9. The van der Waals surface area contributed by atoms with Crippen LogP contribution in [0, 0.1) is 30.6 Å². The summed E-state index contributed by atoms with van der Waals surface area (Å²) in [6.45, 7) is 43.3. The van der Waals surface area contributed by atoms with E-state index in [1.54, 1.807) is 0 Å². The molecular formula is C128H144O13. The number of carbonyl (C=O) groups excluding carboxylic acids is 3. The minimum atomic E-state index is -0.472. The van der Waals surface area contributed by atoms with Gasteiger partial charge in [-0.15, -0.1) is 0 Å². The van der Waals surface area contributed by atoms with Crippen molar-refractivity contribution in [3.8, 4) is 68.6 Å². The SMILES string of the molecule is CCCc1cc(O)c2c(c1)OC(C)(C)[C@@H]1CC=C(C)C[C@@H]21.CCCc1cc(O)c2c(c1)OC(C)(C)[C@@H]1CCC(C)=C[C@@H]21.CCCc1cc(OC(=O)c2ccc3ccccc3c2)c2c(c1)OC(C)(C)[C@@H]1CC=C(C)C[C@@H]21.CCCc1cc(OC(=O)c2ccc3ccccc3c2)c2c(c1)OC(C)(C)[C@@H]1CCC(C)=C[C@@H]21.CCCc1cc(OC(=O)c2ccc3ccccc3c2)c2c(c1)OC(C)(C)c1ccc(C)cc1-2. The second-order valence-electron chi connectivity index (χ2n) is 43.9. The number of esters is 3. The van der Waals surface area contributed by atoms with Crippen LogP contribution in [0.2, 0.25) is 0 Å². The Hall–Kier alpha value is -12.6. The van der Waals surface area contributed by atoms with Gasteiger partial charge in [-0.25, -0.2) is 14.4 Å². The molecule has 9 aliphatic rings. The Morgan fingerprint density at radius 2 is 0.681 bits per heavy atom. The van der Waals surface area contributed by atoms with Gasteiger partial charge in [-0.2, -0.15) is 0 Å². The Morgan fingerprint density at radius 3 is 1.11 bits per heavy atom. The van der Waals surface area contributed by atoms with Crippen LogP contribution in [-0.4, -0.2) is 50.5 Å². The van der Waals surface area contributed by atoms with Crippen molar-refractivity contribution in [2.24, 2.45) is 23.7 Å². The quantitative estimate of drug-likeness (QED) is 0.0534. The van der Waals surface area contributed by atoms with Crippen molar-refractivity contribution in [3.63, 3.8) is 0 Å². The Bertz CT molecular complexity index is 6880. The lowest BCUT2D eigenvalue weighted by atomic mass is 9.67. The topological polar surface area (TPSA) is 166 Å². The first-order valence-corrected chi connectivity index (χ1v) is 52.0. The molecule has 0 spiro atoms. The van der Waals surface area contributed by atoms with Crippen LogP contribution in [0.1, 0.15) is 331 Å². The van der Waals surface area contributed by atoms with E-state index in [0.29, 0.717) is 75.0 Å². The summed E-state index contributed by atoms with van der Waals surface area (Å²) in [5, 5.41) is 27.5. The first kappa shape index (κ1) is 99.9. The standard InChI is InChI=1S/2C30H32O3.C30H28O3.2C19H26O2/c3*1-5-8-20-16-26(32-29(31)23-13-12-21-9-6-7-10-22(21)18-23)28-24-15-19(2)11-14-25(24)30(3,4)33-27(28)17-20;2*1-5-6-13-10-16(20)18-14-9-12(2)7-8-15(14)19(3,4)21-17(18)11-13/h6-7,9-10,12-13,15-18,24-25H,5,8,11,14H2,1-4H3;6-7,9-13,16-18,24-25H,5,8,14-15H2,1-4H3;6-7,9-18H,5,8H2,1-4H3;9-11,14-15,20H,5-8H2,1-4H3;7,10-11,14-15,20H,5-6,8-9H2,1-4H3/t2*24-,25-;;2*14-,15-/m11.11/s1. The third-order valence-electron chi connectivity index (χ3n) is 31.0. The van der Waals surface area contributed by atoms with Gasteiger partial charge >= 0.3 is 17.9 Å². The van der Waals surface area contributed by atoms with Crippen molar-refractivity contribution < 1.29 is 62.5 Å². The number of rotatable bonds is 16. The van der Waals surface area contributed by atoms with Crippen molar-refractivity contribution >= 4 is 50.2 Å². The van der Waals surface area contributed by atoms with Crippen LogP contribution in [0.25, 0.3) is 43.4 Å². The first-order valence-electron chi connectivity index (χ1n) is 52.0. The molecule has 141 heavy (non-hydrogen) atoms. The van der Waals surface area contributed by atoms with Crippen molar-refractivity contribution in [2.45, 2.75) is 306 Å². The Labute approximate surface area is 836 Å². The normalized spacial score (nSPS) is 20.9. The fourth-order valence-electron chi connectivity index (χ4n) is 23.9. The molecule has 734 valence electrons. The van der Waals surface area contributed by atoms with E-state index >= 15 is 0 Å². The van der Waals surface area contributed by atoms with Crippen molar-refractivity contribution in [1.29, 1.82) is 0 Å². The predicted molar refractivity (Wildman–Crippen MR) is 572 cm³/mol. The van der Waals surface area contributed by atoms with Gasteiger partial charge in [0.1, 0.15) is 85.5 Å². The highest BCUT2D eigenvalue weighted by molar-refractivity contribution is 6.00. The van der Waals surface area contributed by atoms with Gasteiger partial charge in [0.2, 0.25) is 0 Å². The zero-order valence-electron chi connectivity index (χ0n) is 86.7. The van der Waals surface area contributed by atoms with Crippen LogP contribution in [0.4, 0.5) is 0 Å². The largest absolute Gasteiger partial charge is 0.508 e. The number of hydrogen-bond acceptors (Lipinski definition) is 13. The lowest BCUT2D eigenvalue weighted by molar-refractivity contribution is 0.00706. The number of phenols is 2. The first-order chi connectivity index (χ1) is 67.4. The van der Waals surface area contributed by atoms with Crippen molar-refractivity contribution in [2.75, 3.05) is 0 Å². The maximum Gasteiger partial charge on any atom is 0.343 e. The summed E-state index contributed by atoms with van der Waals surface area (Å²) < 4.78 is 50.6. The number of aromatic hydroxyl groups is 2. The third kappa shape index (κ3) is 21.3. The van der Waals surface area contributed by atoms with Crippen LogP contribution in [0.5, 0.6) is 57.5 Å². The third-order valence-corrected chi connectivity index (χ3v) is 31.0. The molecule has 0 unspecified atom stereocenters.